The molecular formula is C19H21FN6O3. The summed E-state index contributed by atoms with van der Waals surface area (Å²) < 4.78 is 20.0. The number of aliphatic hydroxyl groups excluding tert-OH is 1. The van der Waals surface area contributed by atoms with Gasteiger partial charge < -0.3 is 20.9 Å². The van der Waals surface area contributed by atoms with E-state index in [0.29, 0.717) is 22.5 Å². The molecule has 9 nitrogen and oxygen atoms in total. The van der Waals surface area contributed by atoms with E-state index in [-0.39, 0.29) is 30.5 Å². The van der Waals surface area contributed by atoms with Crippen LogP contribution in [0.15, 0.2) is 24.3 Å². The summed E-state index contributed by atoms with van der Waals surface area (Å²) in [5.74, 6) is -0.353. The number of hydrogen-bond donors (Lipinski definition) is 4. The molecule has 152 valence electrons. The van der Waals surface area contributed by atoms with E-state index in [1.807, 2.05) is 0 Å². The Morgan fingerprint density at radius 3 is 2.86 bits per heavy atom. The number of carbonyl (C=O) groups excluding carboxylic acids is 1. The van der Waals surface area contributed by atoms with E-state index in [4.69, 9.17) is 10.5 Å². The predicted molar refractivity (Wildman–Crippen MR) is 103 cm³/mol. The maximum atomic E-state index is 14.3. The maximum absolute atomic E-state index is 14.3. The molecule has 1 saturated carbocycles. The first-order valence-corrected chi connectivity index (χ1v) is 9.31. The number of benzene rings is 1. The fourth-order valence-corrected chi connectivity index (χ4v) is 3.61. The molecule has 2 heterocycles. The van der Waals surface area contributed by atoms with E-state index in [0.717, 1.165) is 25.7 Å². The number of nitrogens with two attached hydrogens (primary N) is 1. The molecule has 1 amide bonds. The van der Waals surface area contributed by atoms with E-state index in [9.17, 15) is 14.3 Å². The number of aromatic nitrogens is 4. The number of fused-ring (bicyclic) bond motifs is 1. The van der Waals surface area contributed by atoms with Gasteiger partial charge in [-0.15, -0.1) is 5.10 Å². The Hall–Kier alpha value is -3.27. The zero-order valence-corrected chi connectivity index (χ0v) is 15.6. The van der Waals surface area contributed by atoms with Gasteiger partial charge in [-0.3, -0.25) is 4.79 Å². The van der Waals surface area contributed by atoms with E-state index in [1.165, 1.54) is 24.3 Å². The number of nitrogen functional groups attached to an aromatic ring is 1. The smallest absolute Gasteiger partial charge is 0.251 e. The minimum absolute atomic E-state index is 0.118. The second kappa shape index (κ2) is 7.63. The van der Waals surface area contributed by atoms with Gasteiger partial charge in [-0.1, -0.05) is 12.8 Å². The highest BCUT2D eigenvalue weighted by atomic mass is 19.1. The summed E-state index contributed by atoms with van der Waals surface area (Å²) in [6, 6.07) is 5.55. The molecule has 0 spiro atoms. The third kappa shape index (κ3) is 3.83. The van der Waals surface area contributed by atoms with Gasteiger partial charge in [0.25, 0.3) is 5.91 Å². The summed E-state index contributed by atoms with van der Waals surface area (Å²) in [6.07, 6.45) is 3.36. The van der Waals surface area contributed by atoms with Crippen LogP contribution in [0.3, 0.4) is 0 Å². The van der Waals surface area contributed by atoms with Crippen LogP contribution in [0.5, 0.6) is 5.75 Å². The second-order valence-corrected chi connectivity index (χ2v) is 7.24. The Morgan fingerprint density at radius 1 is 1.31 bits per heavy atom. The Labute approximate surface area is 165 Å². The van der Waals surface area contributed by atoms with E-state index >= 15 is 0 Å². The Kier molecular flexibility index (Phi) is 5.01. The Balaban J connectivity index is 1.52. The zero-order chi connectivity index (χ0) is 20.4. The molecule has 5 N–H and O–H groups in total. The number of rotatable bonds is 6. The monoisotopic (exact) mass is 400 g/mol. The number of aliphatic hydroxyl groups is 1. The van der Waals surface area contributed by atoms with Crippen molar-refractivity contribution in [3.8, 4) is 5.75 Å². The molecule has 0 saturated heterocycles. The molecule has 0 bridgehead atoms. The third-order valence-corrected chi connectivity index (χ3v) is 5.21. The molecule has 2 aromatic heterocycles. The molecule has 1 fully saturated rings. The normalized spacial score (nSPS) is 15.5. The highest BCUT2D eigenvalue weighted by Crippen LogP contribution is 2.30. The molecule has 29 heavy (non-hydrogen) atoms. The molecule has 1 aliphatic rings. The summed E-state index contributed by atoms with van der Waals surface area (Å²) in [6.45, 7) is -0.253. The maximum Gasteiger partial charge on any atom is 0.251 e. The van der Waals surface area contributed by atoms with Gasteiger partial charge in [0.15, 0.2) is 11.3 Å². The number of halogens is 1. The number of hydrogen-bond acceptors (Lipinski definition) is 7. The van der Waals surface area contributed by atoms with Gasteiger partial charge in [0.2, 0.25) is 5.65 Å². The average molecular weight is 400 g/mol. The van der Waals surface area contributed by atoms with Crippen LogP contribution >= 0.6 is 0 Å². The van der Waals surface area contributed by atoms with E-state index < -0.39 is 11.4 Å². The van der Waals surface area contributed by atoms with Crippen LogP contribution in [-0.4, -0.2) is 43.6 Å². The minimum Gasteiger partial charge on any atom is -0.486 e. The molecule has 4 rings (SSSR count). The summed E-state index contributed by atoms with van der Waals surface area (Å²) >= 11 is 0. The lowest BCUT2D eigenvalue weighted by atomic mass is 9.98. The molecule has 0 radical (unpaired) electrons. The van der Waals surface area contributed by atoms with Crippen LogP contribution in [0.1, 0.15) is 41.6 Å². The van der Waals surface area contributed by atoms with Crippen molar-refractivity contribution in [3.05, 3.63) is 41.2 Å². The first kappa shape index (κ1) is 19.1. The lowest BCUT2D eigenvalue weighted by Gasteiger charge is -2.28. The quantitative estimate of drug-likeness (QED) is 0.494. The fourth-order valence-electron chi connectivity index (χ4n) is 3.61. The third-order valence-electron chi connectivity index (χ3n) is 5.21. The van der Waals surface area contributed by atoms with Gasteiger partial charge in [0.05, 0.1) is 12.1 Å². The first-order chi connectivity index (χ1) is 14.0. The number of nitrogens with zero attached hydrogens (tertiary/aromatic N) is 3. The van der Waals surface area contributed by atoms with Gasteiger partial charge in [0, 0.05) is 17.2 Å². The van der Waals surface area contributed by atoms with Gasteiger partial charge >= 0.3 is 0 Å². The first-order valence-electron chi connectivity index (χ1n) is 9.31. The van der Waals surface area contributed by atoms with Gasteiger partial charge in [-0.2, -0.15) is 10.3 Å². The summed E-state index contributed by atoms with van der Waals surface area (Å²) in [5, 5.41) is 22.8. The van der Waals surface area contributed by atoms with Crippen molar-refractivity contribution >= 4 is 22.9 Å². The topological polar surface area (TPSA) is 139 Å². The number of ether oxygens (including phenoxy) is 1. The zero-order valence-electron chi connectivity index (χ0n) is 15.6. The average Bonchev–Trinajstić information content (AvgIpc) is 3.36. The Morgan fingerprint density at radius 2 is 2.10 bits per heavy atom. The highest BCUT2D eigenvalue weighted by Gasteiger charge is 2.34. The lowest BCUT2D eigenvalue weighted by molar-refractivity contribution is 0.0838. The van der Waals surface area contributed by atoms with E-state index in [1.54, 1.807) is 0 Å². The number of carbonyl (C=O) groups is 1. The van der Waals surface area contributed by atoms with E-state index in [2.05, 4.69) is 25.7 Å². The van der Waals surface area contributed by atoms with Crippen LogP contribution in [0, 0.1) is 5.82 Å². The molecule has 0 unspecified atom stereocenters. The van der Waals surface area contributed by atoms with Gasteiger partial charge in [0.1, 0.15) is 18.2 Å². The van der Waals surface area contributed by atoms with Crippen molar-refractivity contribution in [1.82, 2.24) is 25.7 Å². The summed E-state index contributed by atoms with van der Waals surface area (Å²) in [7, 11) is 0. The lowest BCUT2D eigenvalue weighted by Crippen LogP contribution is -2.49. The SMILES string of the molecule is Nc1cc(OCc2cc(C(=O)NC3(CO)CCCC3)ccc2F)c2n[nH]nc2n1. The largest absolute Gasteiger partial charge is 0.486 e. The molecule has 0 aliphatic heterocycles. The molecule has 10 heteroatoms. The van der Waals surface area contributed by atoms with Crippen molar-refractivity contribution in [2.75, 3.05) is 12.3 Å². The Bertz CT molecular complexity index is 1050. The molecule has 0 atom stereocenters. The highest BCUT2D eigenvalue weighted by molar-refractivity contribution is 5.95. The van der Waals surface area contributed by atoms with Crippen LogP contribution in [0.2, 0.25) is 0 Å². The van der Waals surface area contributed by atoms with Crippen molar-refractivity contribution in [3.63, 3.8) is 0 Å². The van der Waals surface area contributed by atoms with Gasteiger partial charge in [-0.25, -0.2) is 9.37 Å². The molecular weight excluding hydrogens is 379 g/mol. The minimum atomic E-state index is -0.602. The standard InChI is InChI=1S/C19H21FN6O3/c20-13-4-3-11(18(28)23-19(10-27)5-1-2-6-19)7-12(13)9-29-14-8-15(21)22-17-16(14)24-26-25-17/h3-4,7-8,27H,1-2,5-6,9-10H2,(H,23,28)(H3,21,22,24,25,26). The fraction of sp³-hybridized carbons (Fsp3) is 0.368. The van der Waals surface area contributed by atoms with Crippen molar-refractivity contribution in [1.29, 1.82) is 0 Å². The van der Waals surface area contributed by atoms with Crippen LogP contribution < -0.4 is 15.8 Å². The van der Waals surface area contributed by atoms with Crippen molar-refractivity contribution in [2.45, 2.75) is 37.8 Å². The second-order valence-electron chi connectivity index (χ2n) is 7.24. The van der Waals surface area contributed by atoms with Crippen LogP contribution in [0.25, 0.3) is 11.2 Å². The molecule has 1 aromatic carbocycles. The van der Waals surface area contributed by atoms with Crippen molar-refractivity contribution < 1.29 is 19.0 Å². The molecule has 1 aliphatic carbocycles. The number of anilines is 1. The summed E-state index contributed by atoms with van der Waals surface area (Å²) in [4.78, 5) is 16.7. The number of aromatic amines is 1. The number of nitrogens with one attached hydrogen (secondary N) is 2. The summed E-state index contributed by atoms with van der Waals surface area (Å²) in [5.41, 5.74) is 6.29. The number of amides is 1. The van der Waals surface area contributed by atoms with Crippen molar-refractivity contribution in [2.24, 2.45) is 0 Å². The number of pyridine rings is 1. The van der Waals surface area contributed by atoms with Crippen LogP contribution in [0.4, 0.5) is 10.2 Å². The number of H-pyrrole nitrogens is 1. The molecule has 3 aromatic rings. The van der Waals surface area contributed by atoms with Gasteiger partial charge in [-0.05, 0) is 31.0 Å². The predicted octanol–water partition coefficient (Wildman–Crippen LogP) is 1.69. The van der Waals surface area contributed by atoms with Crippen LogP contribution in [-0.2, 0) is 6.61 Å².